The smallest absolute Gasteiger partial charge is 0.303 e. The summed E-state index contributed by atoms with van der Waals surface area (Å²) in [7, 11) is 0. The molecule has 0 saturated carbocycles. The first-order valence-electron chi connectivity index (χ1n) is 19.4. The average molecular weight is 826 g/mol. The van der Waals surface area contributed by atoms with Crippen LogP contribution in [0.5, 0.6) is 0 Å². The fourth-order valence-corrected chi connectivity index (χ4v) is 7.16. The zero-order chi connectivity index (χ0) is 42.1. The molecule has 4 heterocycles. The topological polar surface area (TPSA) is 201 Å². The summed E-state index contributed by atoms with van der Waals surface area (Å²) in [6.07, 6.45) is -7.05. The van der Waals surface area contributed by atoms with E-state index in [0.29, 0.717) is 18.9 Å². The van der Waals surface area contributed by atoms with Crippen LogP contribution in [0.4, 0.5) is 0 Å². The van der Waals surface area contributed by atoms with Crippen LogP contribution < -0.4 is 0 Å². The molecule has 10 atom stereocenters. The molecule has 2 aromatic carbocycles. The average Bonchev–Trinajstić information content (AvgIpc) is 3.86. The Bertz CT molecular complexity index is 1860. The highest BCUT2D eigenvalue weighted by atomic mass is 16.8. The molecule has 0 bridgehead atoms. The predicted molar refractivity (Wildman–Crippen MR) is 200 cm³/mol. The van der Waals surface area contributed by atoms with Crippen molar-refractivity contribution in [3.8, 4) is 0 Å². The van der Waals surface area contributed by atoms with Crippen LogP contribution in [0.15, 0.2) is 66.9 Å². The highest BCUT2D eigenvalue weighted by Gasteiger charge is 2.58. The van der Waals surface area contributed by atoms with E-state index in [1.807, 2.05) is 74.5 Å². The summed E-state index contributed by atoms with van der Waals surface area (Å²) in [6.45, 7) is 8.66. The van der Waals surface area contributed by atoms with E-state index in [-0.39, 0.29) is 26.2 Å². The first-order chi connectivity index (χ1) is 28.3. The van der Waals surface area contributed by atoms with Crippen LogP contribution in [-0.2, 0) is 90.9 Å². The molecular weight excluding hydrogens is 774 g/mol. The maximum Gasteiger partial charge on any atom is 0.303 e. The van der Waals surface area contributed by atoms with Gasteiger partial charge in [-0.3, -0.25) is 19.2 Å². The van der Waals surface area contributed by atoms with E-state index in [1.54, 1.807) is 10.9 Å². The Balaban J connectivity index is 1.20. The fourth-order valence-electron chi connectivity index (χ4n) is 7.16. The van der Waals surface area contributed by atoms with E-state index >= 15 is 0 Å². The summed E-state index contributed by atoms with van der Waals surface area (Å²) in [5.41, 5.74) is 2.47. The molecule has 3 fully saturated rings. The molecule has 0 N–H and O–H groups in total. The minimum absolute atomic E-state index is 0.0503. The summed E-state index contributed by atoms with van der Waals surface area (Å²) in [5, 5.41) is 8.89. The molecule has 0 unspecified atom stereocenters. The van der Waals surface area contributed by atoms with Gasteiger partial charge < -0.3 is 52.1 Å². The van der Waals surface area contributed by atoms with Crippen LogP contribution in [0.3, 0.4) is 0 Å². The van der Waals surface area contributed by atoms with Gasteiger partial charge in [-0.2, -0.15) is 0 Å². The number of rotatable bonds is 18. The molecule has 6 rings (SSSR count). The van der Waals surface area contributed by atoms with Crippen molar-refractivity contribution < 1.29 is 71.3 Å². The molecule has 1 aromatic heterocycles. The lowest BCUT2D eigenvalue weighted by Crippen LogP contribution is -2.63. The van der Waals surface area contributed by atoms with Gasteiger partial charge in [0.1, 0.15) is 37.1 Å². The van der Waals surface area contributed by atoms with Crippen molar-refractivity contribution in [2.75, 3.05) is 19.8 Å². The SMILES string of the molecule is CC(=O)OC[C@H]1O[C@@H](OCCc2cn([C@@H](COCc3ccccc3)[C@H]3O[C@@H]4OC(C)(C)O[C@@H]4[C@H]3OCc3ccccc3)nn2)[C@H](OC(C)=O)[C@@H](OC(C)=O)[C@@H]1OC(C)=O. The zero-order valence-electron chi connectivity index (χ0n) is 33.8. The number of hydrogen-bond acceptors (Lipinski definition) is 17. The third-order valence-electron chi connectivity index (χ3n) is 9.58. The summed E-state index contributed by atoms with van der Waals surface area (Å²) in [6, 6.07) is 19.0. The lowest BCUT2D eigenvalue weighted by Gasteiger charge is -2.44. The standard InChI is InChI=1S/C41H51N3O15/c1-24(45)51-23-32-34(53-25(2)46)36(54-26(3)47)37(55-27(4)48)39(56-32)50-18-17-30-19-44(43-42-30)31(22-49-20-28-13-9-7-10-14-28)33-35(52-21-29-15-11-8-12-16-29)38-40(57-33)59-41(5,6)58-38/h7-16,19,31-40H,17-18,20-23H2,1-6H3/t31-,32+,33+,34+,35-,36-,37+,38+,39+,40+/m0/s1. The number of fused-ring (bicyclic) bond motifs is 1. The lowest BCUT2D eigenvalue weighted by molar-refractivity contribution is -0.307. The second-order valence-electron chi connectivity index (χ2n) is 14.8. The molecule has 320 valence electrons. The first kappa shape index (κ1) is 43.8. The molecule has 18 heteroatoms. The van der Waals surface area contributed by atoms with E-state index in [4.69, 9.17) is 52.1 Å². The fraction of sp³-hybridized carbons (Fsp3) is 0.561. The highest BCUT2D eigenvalue weighted by Crippen LogP contribution is 2.42. The van der Waals surface area contributed by atoms with Gasteiger partial charge in [0.2, 0.25) is 0 Å². The summed E-state index contributed by atoms with van der Waals surface area (Å²) < 4.78 is 67.2. The molecule has 3 aliphatic heterocycles. The minimum atomic E-state index is -1.36. The number of carbonyl (C=O) groups excluding carboxylic acids is 4. The number of carbonyl (C=O) groups is 4. The lowest BCUT2D eigenvalue weighted by atomic mass is 9.98. The molecular formula is C41H51N3O15. The molecule has 18 nitrogen and oxygen atoms in total. The van der Waals surface area contributed by atoms with Crippen molar-refractivity contribution in [3.05, 3.63) is 83.7 Å². The van der Waals surface area contributed by atoms with Crippen LogP contribution in [-0.4, -0.2) is 120 Å². The van der Waals surface area contributed by atoms with Crippen molar-refractivity contribution in [3.63, 3.8) is 0 Å². The Hall–Kier alpha value is -4.82. The van der Waals surface area contributed by atoms with Gasteiger partial charge in [-0.15, -0.1) is 5.10 Å². The predicted octanol–water partition coefficient (Wildman–Crippen LogP) is 3.14. The summed E-state index contributed by atoms with van der Waals surface area (Å²) in [4.78, 5) is 48.3. The third-order valence-corrected chi connectivity index (χ3v) is 9.58. The number of esters is 4. The largest absolute Gasteiger partial charge is 0.463 e. The Morgan fingerprint density at radius 3 is 2.02 bits per heavy atom. The first-order valence-corrected chi connectivity index (χ1v) is 19.4. The van der Waals surface area contributed by atoms with Gasteiger partial charge in [0.25, 0.3) is 0 Å². The quantitative estimate of drug-likeness (QED) is 0.134. The van der Waals surface area contributed by atoms with E-state index in [0.717, 1.165) is 31.9 Å². The second-order valence-corrected chi connectivity index (χ2v) is 14.8. The van der Waals surface area contributed by atoms with Gasteiger partial charge in [-0.1, -0.05) is 65.9 Å². The highest BCUT2D eigenvalue weighted by molar-refractivity contribution is 5.68. The van der Waals surface area contributed by atoms with Crippen LogP contribution in [0.25, 0.3) is 0 Å². The number of benzene rings is 2. The van der Waals surface area contributed by atoms with Gasteiger partial charge >= 0.3 is 23.9 Å². The van der Waals surface area contributed by atoms with E-state index in [1.165, 1.54) is 6.92 Å². The molecule has 3 saturated heterocycles. The van der Waals surface area contributed by atoms with Crippen LogP contribution >= 0.6 is 0 Å². The Labute approximate surface area is 341 Å². The van der Waals surface area contributed by atoms with Crippen molar-refractivity contribution >= 4 is 23.9 Å². The Kier molecular flexibility index (Phi) is 14.8. The summed E-state index contributed by atoms with van der Waals surface area (Å²) in [5.74, 6) is -3.74. The van der Waals surface area contributed by atoms with Crippen LogP contribution in [0.1, 0.15) is 64.4 Å². The number of nitrogens with zero attached hydrogens (tertiary/aromatic N) is 3. The van der Waals surface area contributed by atoms with Gasteiger partial charge in [0.15, 0.2) is 36.7 Å². The Morgan fingerprint density at radius 1 is 0.746 bits per heavy atom. The van der Waals surface area contributed by atoms with E-state index in [9.17, 15) is 19.2 Å². The van der Waals surface area contributed by atoms with Crippen LogP contribution in [0.2, 0.25) is 0 Å². The Morgan fingerprint density at radius 2 is 1.37 bits per heavy atom. The number of ether oxygens (including phenoxy) is 11. The van der Waals surface area contributed by atoms with Crippen molar-refractivity contribution in [2.45, 2.75) is 128 Å². The second kappa shape index (κ2) is 20.0. The molecule has 0 amide bonds. The molecule has 0 spiro atoms. The molecule has 0 radical (unpaired) electrons. The summed E-state index contributed by atoms with van der Waals surface area (Å²) >= 11 is 0. The van der Waals surface area contributed by atoms with Gasteiger partial charge in [-0.05, 0) is 25.0 Å². The van der Waals surface area contributed by atoms with E-state index < -0.39 is 91.0 Å². The third kappa shape index (κ3) is 11.9. The van der Waals surface area contributed by atoms with Gasteiger partial charge in [0, 0.05) is 40.3 Å². The zero-order valence-corrected chi connectivity index (χ0v) is 33.8. The normalized spacial score (nSPS) is 27.7. The maximum absolute atomic E-state index is 12.3. The van der Waals surface area contributed by atoms with Crippen molar-refractivity contribution in [1.82, 2.24) is 15.0 Å². The molecule has 0 aliphatic carbocycles. The van der Waals surface area contributed by atoms with E-state index in [2.05, 4.69) is 10.3 Å². The van der Waals surface area contributed by atoms with Crippen LogP contribution in [0, 0.1) is 0 Å². The number of hydrogen-bond donors (Lipinski definition) is 0. The van der Waals surface area contributed by atoms with Crippen molar-refractivity contribution in [1.29, 1.82) is 0 Å². The maximum atomic E-state index is 12.3. The number of aromatic nitrogens is 3. The monoisotopic (exact) mass is 825 g/mol. The molecule has 3 aliphatic rings. The van der Waals surface area contributed by atoms with Gasteiger partial charge in [-0.25, -0.2) is 4.68 Å². The van der Waals surface area contributed by atoms with Gasteiger partial charge in [0.05, 0.1) is 32.1 Å². The molecule has 59 heavy (non-hydrogen) atoms. The van der Waals surface area contributed by atoms with Crippen molar-refractivity contribution in [2.24, 2.45) is 0 Å². The minimum Gasteiger partial charge on any atom is -0.463 e. The molecule has 3 aromatic rings.